The van der Waals surface area contributed by atoms with E-state index in [9.17, 15) is 4.79 Å². The molecule has 4 heteroatoms. The summed E-state index contributed by atoms with van der Waals surface area (Å²) in [4.78, 5) is 10.4. The van der Waals surface area contributed by atoms with Crippen LogP contribution in [0.4, 0.5) is 0 Å². The lowest BCUT2D eigenvalue weighted by Crippen LogP contribution is -2.02. The molecule has 22 heavy (non-hydrogen) atoms. The Hall–Kier alpha value is -0.610. The van der Waals surface area contributed by atoms with E-state index in [1.165, 1.54) is 38.5 Å². The van der Waals surface area contributed by atoms with Gasteiger partial charge < -0.3 is 14.6 Å². The molecule has 4 atom stereocenters. The molecule has 2 rings (SSSR count). The highest BCUT2D eigenvalue weighted by molar-refractivity contribution is 5.66. The molecule has 2 fully saturated rings. The molecule has 0 aromatic heterocycles. The Morgan fingerprint density at radius 3 is 1.95 bits per heavy atom. The highest BCUT2D eigenvalue weighted by Crippen LogP contribution is 2.39. The van der Waals surface area contributed by atoms with Gasteiger partial charge in [0.25, 0.3) is 0 Å². The van der Waals surface area contributed by atoms with Crippen molar-refractivity contribution in [1.29, 1.82) is 0 Å². The van der Waals surface area contributed by atoms with E-state index < -0.39 is 5.97 Å². The van der Waals surface area contributed by atoms with Gasteiger partial charge in [0.2, 0.25) is 0 Å². The van der Waals surface area contributed by atoms with Gasteiger partial charge in [-0.1, -0.05) is 51.9 Å². The fourth-order valence-electron chi connectivity index (χ4n) is 3.26. The van der Waals surface area contributed by atoms with E-state index in [2.05, 4.69) is 6.92 Å². The third kappa shape index (κ3) is 7.10. The highest BCUT2D eigenvalue weighted by Gasteiger charge is 2.47. The Morgan fingerprint density at radius 1 is 0.818 bits per heavy atom. The first-order chi connectivity index (χ1) is 10.7. The molecule has 0 unspecified atom stereocenters. The summed E-state index contributed by atoms with van der Waals surface area (Å²) < 4.78 is 11.5. The number of epoxide rings is 2. The number of carbonyl (C=O) groups is 1. The van der Waals surface area contributed by atoms with Crippen molar-refractivity contribution in [3.8, 4) is 0 Å². The van der Waals surface area contributed by atoms with Gasteiger partial charge in [0, 0.05) is 12.8 Å². The predicted molar refractivity (Wildman–Crippen MR) is 86.0 cm³/mol. The Kier molecular flexibility index (Phi) is 7.67. The molecule has 128 valence electrons. The van der Waals surface area contributed by atoms with Crippen molar-refractivity contribution in [2.45, 2.75) is 108 Å². The molecule has 0 bridgehead atoms. The molecule has 4 nitrogen and oxygen atoms in total. The first kappa shape index (κ1) is 17.7. The molecule has 0 aromatic rings. The van der Waals surface area contributed by atoms with Gasteiger partial charge in [-0.25, -0.2) is 0 Å². The van der Waals surface area contributed by atoms with Crippen LogP contribution in [0.3, 0.4) is 0 Å². The van der Waals surface area contributed by atoms with Crippen molar-refractivity contribution < 1.29 is 19.4 Å². The van der Waals surface area contributed by atoms with E-state index in [4.69, 9.17) is 14.6 Å². The zero-order chi connectivity index (χ0) is 15.8. The SMILES string of the molecule is CCCCC[C@H]1O[C@H]1C[C@H]1O[C@H]1CCCCCCCC(=O)O. The van der Waals surface area contributed by atoms with E-state index >= 15 is 0 Å². The van der Waals surface area contributed by atoms with Crippen LogP contribution in [0.15, 0.2) is 0 Å². The molecule has 0 amide bonds. The van der Waals surface area contributed by atoms with Crippen molar-refractivity contribution in [1.82, 2.24) is 0 Å². The average molecular weight is 312 g/mol. The zero-order valence-electron chi connectivity index (χ0n) is 14.0. The lowest BCUT2D eigenvalue weighted by molar-refractivity contribution is -0.137. The summed E-state index contributed by atoms with van der Waals surface area (Å²) in [5.41, 5.74) is 0. The Balaban J connectivity index is 1.36. The van der Waals surface area contributed by atoms with Gasteiger partial charge in [-0.15, -0.1) is 0 Å². The first-order valence-corrected chi connectivity index (χ1v) is 9.23. The number of carboxylic acid groups (broad SMARTS) is 1. The molecule has 1 N–H and O–H groups in total. The molecule has 0 saturated carbocycles. The molecule has 0 radical (unpaired) electrons. The molecule has 2 aliphatic heterocycles. The molecule has 0 spiro atoms. The summed E-state index contributed by atoms with van der Waals surface area (Å²) >= 11 is 0. The van der Waals surface area contributed by atoms with Crippen LogP contribution in [0.2, 0.25) is 0 Å². The van der Waals surface area contributed by atoms with Crippen molar-refractivity contribution in [3.05, 3.63) is 0 Å². The Morgan fingerprint density at radius 2 is 1.36 bits per heavy atom. The van der Waals surface area contributed by atoms with Crippen molar-refractivity contribution in [3.63, 3.8) is 0 Å². The second kappa shape index (κ2) is 9.51. The monoisotopic (exact) mass is 312 g/mol. The molecular formula is C18H32O4. The summed E-state index contributed by atoms with van der Waals surface area (Å²) in [7, 11) is 0. The minimum Gasteiger partial charge on any atom is -0.481 e. The maximum absolute atomic E-state index is 10.4. The van der Waals surface area contributed by atoms with Crippen molar-refractivity contribution in [2.24, 2.45) is 0 Å². The summed E-state index contributed by atoms with van der Waals surface area (Å²) in [5.74, 6) is -0.676. The summed E-state index contributed by atoms with van der Waals surface area (Å²) in [6.45, 7) is 2.24. The summed E-state index contributed by atoms with van der Waals surface area (Å²) in [5, 5.41) is 8.56. The van der Waals surface area contributed by atoms with Crippen molar-refractivity contribution in [2.75, 3.05) is 0 Å². The van der Waals surface area contributed by atoms with E-state index in [0.717, 1.165) is 32.1 Å². The maximum Gasteiger partial charge on any atom is 0.303 e. The highest BCUT2D eigenvalue weighted by atomic mass is 16.6. The number of hydrogen-bond donors (Lipinski definition) is 1. The van der Waals surface area contributed by atoms with E-state index in [-0.39, 0.29) is 0 Å². The van der Waals surface area contributed by atoms with Gasteiger partial charge in [-0.3, -0.25) is 4.79 Å². The lowest BCUT2D eigenvalue weighted by atomic mass is 10.0. The zero-order valence-corrected chi connectivity index (χ0v) is 14.0. The van der Waals surface area contributed by atoms with E-state index in [1.807, 2.05) is 0 Å². The van der Waals surface area contributed by atoms with Crippen LogP contribution < -0.4 is 0 Å². The van der Waals surface area contributed by atoms with Crippen LogP contribution in [0.1, 0.15) is 84.0 Å². The van der Waals surface area contributed by atoms with Crippen molar-refractivity contribution >= 4 is 5.97 Å². The topological polar surface area (TPSA) is 62.4 Å². The molecule has 2 saturated heterocycles. The average Bonchev–Trinajstić information content (AvgIpc) is 3.38. The number of aliphatic carboxylic acids is 1. The number of unbranched alkanes of at least 4 members (excludes halogenated alkanes) is 6. The van der Waals surface area contributed by atoms with Gasteiger partial charge in [-0.2, -0.15) is 0 Å². The van der Waals surface area contributed by atoms with E-state index in [1.54, 1.807) is 0 Å². The van der Waals surface area contributed by atoms with Gasteiger partial charge in [0.1, 0.15) is 0 Å². The molecule has 0 aliphatic carbocycles. The van der Waals surface area contributed by atoms with Crippen LogP contribution in [-0.4, -0.2) is 35.5 Å². The largest absolute Gasteiger partial charge is 0.481 e. The summed E-state index contributed by atoms with van der Waals surface area (Å²) in [6, 6.07) is 0. The van der Waals surface area contributed by atoms with Gasteiger partial charge >= 0.3 is 5.97 Å². The number of carboxylic acids is 1. The summed E-state index contributed by atoms with van der Waals surface area (Å²) in [6.07, 6.45) is 15.0. The van der Waals surface area contributed by atoms with Crippen LogP contribution >= 0.6 is 0 Å². The minimum atomic E-state index is -0.676. The normalized spacial score (nSPS) is 29.5. The van der Waals surface area contributed by atoms with E-state index in [0.29, 0.717) is 30.8 Å². The maximum atomic E-state index is 10.4. The quantitative estimate of drug-likeness (QED) is 0.383. The van der Waals surface area contributed by atoms with Crippen LogP contribution in [0.25, 0.3) is 0 Å². The van der Waals surface area contributed by atoms with Crippen LogP contribution in [-0.2, 0) is 14.3 Å². The minimum absolute atomic E-state index is 0.314. The molecule has 2 aliphatic rings. The fourth-order valence-corrected chi connectivity index (χ4v) is 3.26. The molecule has 0 aromatic carbocycles. The first-order valence-electron chi connectivity index (χ1n) is 9.23. The van der Waals surface area contributed by atoms with Gasteiger partial charge in [-0.05, 0) is 19.3 Å². The van der Waals surface area contributed by atoms with Crippen LogP contribution in [0, 0.1) is 0 Å². The second-order valence-electron chi connectivity index (χ2n) is 6.86. The number of rotatable bonds is 14. The smallest absolute Gasteiger partial charge is 0.303 e. The second-order valence-corrected chi connectivity index (χ2v) is 6.86. The number of hydrogen-bond acceptors (Lipinski definition) is 3. The third-order valence-electron chi connectivity index (χ3n) is 4.81. The van der Waals surface area contributed by atoms with Crippen LogP contribution in [0.5, 0.6) is 0 Å². The third-order valence-corrected chi connectivity index (χ3v) is 4.81. The fraction of sp³-hybridized carbons (Fsp3) is 0.944. The molecule has 2 heterocycles. The molecular weight excluding hydrogens is 280 g/mol. The van der Waals surface area contributed by atoms with Gasteiger partial charge in [0.15, 0.2) is 0 Å². The Bertz CT molecular complexity index is 331. The number of ether oxygens (including phenoxy) is 2. The van der Waals surface area contributed by atoms with Gasteiger partial charge in [0.05, 0.1) is 24.4 Å². The lowest BCUT2D eigenvalue weighted by Gasteiger charge is -1.99. The standard InChI is InChI=1S/C18H32O4/c1-2-3-7-10-14-16(21-14)13-17-15(22-17)11-8-5-4-6-9-12-18(19)20/h14-17H,2-13H2,1H3,(H,19,20)/t14-,15+,16+,17-/m1/s1. The predicted octanol–water partition coefficient (Wildman–Crippen LogP) is 4.31. The Labute approximate surface area is 134 Å².